The molecule has 0 radical (unpaired) electrons. The summed E-state index contributed by atoms with van der Waals surface area (Å²) in [6.07, 6.45) is 12.3. The third-order valence-corrected chi connectivity index (χ3v) is 5.60. The lowest BCUT2D eigenvalue weighted by Crippen LogP contribution is -2.43. The van der Waals surface area contributed by atoms with Gasteiger partial charge < -0.3 is 9.30 Å². The highest BCUT2D eigenvalue weighted by Gasteiger charge is 2.42. The number of hydrogen-bond acceptors (Lipinski definition) is 4. The van der Waals surface area contributed by atoms with Crippen LogP contribution in [0.4, 0.5) is 0 Å². The molecule has 2 aliphatic heterocycles. The number of piperidine rings is 1. The lowest BCUT2D eigenvalue weighted by molar-refractivity contribution is -0.0453. The zero-order valence-corrected chi connectivity index (χ0v) is 14.4. The molecule has 5 nitrogen and oxygen atoms in total. The second-order valence-corrected chi connectivity index (χ2v) is 7.40. The van der Waals surface area contributed by atoms with Crippen LogP contribution in [0.25, 0.3) is 0 Å². The van der Waals surface area contributed by atoms with Crippen molar-refractivity contribution in [1.82, 2.24) is 19.4 Å². The lowest BCUT2D eigenvalue weighted by Gasteiger charge is -2.38. The standard InChI is InChI=1S/C19H26N4O/c1-22-15-21-12-18(22)13-23-7-4-19(5-8-23)10-17(14-24-19)9-16-3-2-6-20-11-16/h2-3,6,11-12,15,17H,4-5,7-10,13-14H2,1H3. The lowest BCUT2D eigenvalue weighted by atomic mass is 9.83. The summed E-state index contributed by atoms with van der Waals surface area (Å²) in [6.45, 7) is 4.12. The Morgan fingerprint density at radius 2 is 2.12 bits per heavy atom. The van der Waals surface area contributed by atoms with Crippen LogP contribution < -0.4 is 0 Å². The Morgan fingerprint density at radius 1 is 1.25 bits per heavy atom. The van der Waals surface area contributed by atoms with Gasteiger partial charge in [0.1, 0.15) is 0 Å². The second kappa shape index (κ2) is 6.65. The molecule has 0 saturated carbocycles. The summed E-state index contributed by atoms with van der Waals surface area (Å²) in [6, 6.07) is 4.20. The minimum atomic E-state index is 0.121. The van der Waals surface area contributed by atoms with Crippen LogP contribution in [-0.4, -0.2) is 44.7 Å². The van der Waals surface area contributed by atoms with Gasteiger partial charge in [0.05, 0.1) is 24.2 Å². The van der Waals surface area contributed by atoms with Crippen LogP contribution in [0.2, 0.25) is 0 Å². The molecule has 1 atom stereocenters. The van der Waals surface area contributed by atoms with Crippen molar-refractivity contribution < 1.29 is 4.74 Å². The van der Waals surface area contributed by atoms with E-state index in [1.807, 2.05) is 31.0 Å². The SMILES string of the molecule is Cn1cncc1CN1CCC2(CC1)CC(Cc1cccnc1)CO2. The van der Waals surface area contributed by atoms with Crippen molar-refractivity contribution in [1.29, 1.82) is 0 Å². The van der Waals surface area contributed by atoms with E-state index in [0.29, 0.717) is 5.92 Å². The fourth-order valence-corrected chi connectivity index (χ4v) is 4.16. The van der Waals surface area contributed by atoms with E-state index in [-0.39, 0.29) is 5.60 Å². The van der Waals surface area contributed by atoms with Gasteiger partial charge in [-0.15, -0.1) is 0 Å². The van der Waals surface area contributed by atoms with Crippen LogP contribution in [-0.2, 0) is 24.8 Å². The second-order valence-electron chi connectivity index (χ2n) is 7.40. The normalized spacial score (nSPS) is 23.8. The Morgan fingerprint density at radius 3 is 2.83 bits per heavy atom. The summed E-state index contributed by atoms with van der Waals surface area (Å²) >= 11 is 0. The summed E-state index contributed by atoms with van der Waals surface area (Å²) < 4.78 is 8.42. The predicted molar refractivity (Wildman–Crippen MR) is 92.5 cm³/mol. The van der Waals surface area contributed by atoms with E-state index < -0.39 is 0 Å². The molecule has 0 aromatic carbocycles. The van der Waals surface area contributed by atoms with Crippen LogP contribution in [0.3, 0.4) is 0 Å². The first-order valence-electron chi connectivity index (χ1n) is 8.93. The van der Waals surface area contributed by atoms with Gasteiger partial charge in [-0.2, -0.15) is 0 Å². The fourth-order valence-electron chi connectivity index (χ4n) is 4.16. The van der Waals surface area contributed by atoms with E-state index in [0.717, 1.165) is 45.5 Å². The van der Waals surface area contributed by atoms with Crippen LogP contribution in [0.1, 0.15) is 30.5 Å². The van der Waals surface area contributed by atoms with Crippen LogP contribution in [0, 0.1) is 5.92 Å². The van der Waals surface area contributed by atoms with Crippen LogP contribution >= 0.6 is 0 Å². The predicted octanol–water partition coefficient (Wildman–Crippen LogP) is 2.43. The first-order valence-corrected chi connectivity index (χ1v) is 8.93. The number of hydrogen-bond donors (Lipinski definition) is 0. The van der Waals surface area contributed by atoms with Gasteiger partial charge >= 0.3 is 0 Å². The summed E-state index contributed by atoms with van der Waals surface area (Å²) in [5.74, 6) is 0.637. The van der Waals surface area contributed by atoms with E-state index >= 15 is 0 Å². The third-order valence-electron chi connectivity index (χ3n) is 5.60. The van der Waals surface area contributed by atoms with Gasteiger partial charge in [-0.05, 0) is 43.2 Å². The van der Waals surface area contributed by atoms with Crippen molar-refractivity contribution in [3.63, 3.8) is 0 Å². The largest absolute Gasteiger partial charge is 0.375 e. The molecule has 0 bridgehead atoms. The smallest absolute Gasteiger partial charge is 0.0945 e. The molecule has 0 aliphatic carbocycles. The molecule has 2 saturated heterocycles. The number of ether oxygens (including phenoxy) is 1. The van der Waals surface area contributed by atoms with Crippen molar-refractivity contribution in [2.75, 3.05) is 19.7 Å². The zero-order valence-electron chi connectivity index (χ0n) is 14.4. The molecule has 2 aromatic rings. The maximum Gasteiger partial charge on any atom is 0.0945 e. The van der Waals surface area contributed by atoms with Crippen molar-refractivity contribution in [2.24, 2.45) is 13.0 Å². The van der Waals surface area contributed by atoms with Crippen molar-refractivity contribution in [3.8, 4) is 0 Å². The van der Waals surface area contributed by atoms with E-state index in [1.54, 1.807) is 0 Å². The molecule has 1 spiro atoms. The third kappa shape index (κ3) is 3.37. The zero-order chi connectivity index (χ0) is 16.4. The summed E-state index contributed by atoms with van der Waals surface area (Å²) in [5.41, 5.74) is 2.74. The Bertz CT molecular complexity index is 661. The highest BCUT2D eigenvalue weighted by atomic mass is 16.5. The number of aromatic nitrogens is 3. The Kier molecular flexibility index (Phi) is 4.37. The molecule has 4 heterocycles. The van der Waals surface area contributed by atoms with Crippen molar-refractivity contribution >= 4 is 0 Å². The Hall–Kier alpha value is -1.72. The minimum absolute atomic E-state index is 0.121. The highest BCUT2D eigenvalue weighted by molar-refractivity contribution is 5.10. The van der Waals surface area contributed by atoms with Gasteiger partial charge in [0.2, 0.25) is 0 Å². The van der Waals surface area contributed by atoms with Crippen LogP contribution in [0.15, 0.2) is 37.1 Å². The number of rotatable bonds is 4. The number of aryl methyl sites for hydroxylation is 1. The van der Waals surface area contributed by atoms with Crippen molar-refractivity contribution in [3.05, 3.63) is 48.3 Å². The summed E-state index contributed by atoms with van der Waals surface area (Å²) in [4.78, 5) is 11.0. The van der Waals surface area contributed by atoms with Crippen molar-refractivity contribution in [2.45, 2.75) is 37.8 Å². The van der Waals surface area contributed by atoms with E-state index in [2.05, 4.69) is 32.5 Å². The average Bonchev–Trinajstić information content (AvgIpc) is 3.18. The van der Waals surface area contributed by atoms with Gasteiger partial charge in [0, 0.05) is 45.3 Å². The molecule has 2 aromatic heterocycles. The quantitative estimate of drug-likeness (QED) is 0.865. The first kappa shape index (κ1) is 15.8. The van der Waals surface area contributed by atoms with Gasteiger partial charge in [-0.3, -0.25) is 9.88 Å². The Balaban J connectivity index is 1.30. The maximum atomic E-state index is 6.31. The molecule has 2 aliphatic rings. The van der Waals surface area contributed by atoms with E-state index in [4.69, 9.17) is 4.74 Å². The molecule has 4 rings (SSSR count). The van der Waals surface area contributed by atoms with E-state index in [9.17, 15) is 0 Å². The Labute approximate surface area is 143 Å². The number of likely N-dealkylation sites (tertiary alicyclic amines) is 1. The average molecular weight is 326 g/mol. The summed E-state index contributed by atoms with van der Waals surface area (Å²) in [5, 5.41) is 0. The molecule has 5 heteroatoms. The first-order chi connectivity index (χ1) is 11.7. The molecule has 0 amide bonds. The molecule has 2 fully saturated rings. The van der Waals surface area contributed by atoms with Gasteiger partial charge in [-0.1, -0.05) is 6.07 Å². The van der Waals surface area contributed by atoms with Gasteiger partial charge in [0.25, 0.3) is 0 Å². The molecule has 0 N–H and O–H groups in total. The highest BCUT2D eigenvalue weighted by Crippen LogP contribution is 2.39. The van der Waals surface area contributed by atoms with E-state index in [1.165, 1.54) is 17.7 Å². The fraction of sp³-hybridized carbons (Fsp3) is 0.579. The molecular weight excluding hydrogens is 300 g/mol. The number of imidazole rings is 1. The monoisotopic (exact) mass is 326 g/mol. The van der Waals surface area contributed by atoms with Gasteiger partial charge in [-0.25, -0.2) is 4.98 Å². The maximum absolute atomic E-state index is 6.31. The molecule has 1 unspecified atom stereocenters. The summed E-state index contributed by atoms with van der Waals surface area (Å²) in [7, 11) is 2.07. The molecule has 128 valence electrons. The number of pyridine rings is 1. The van der Waals surface area contributed by atoms with Gasteiger partial charge in [0.15, 0.2) is 0 Å². The van der Waals surface area contributed by atoms with Crippen LogP contribution in [0.5, 0.6) is 0 Å². The topological polar surface area (TPSA) is 43.2 Å². The number of nitrogens with zero attached hydrogens (tertiary/aromatic N) is 4. The minimum Gasteiger partial charge on any atom is -0.375 e. The molecular formula is C19H26N4O. The molecule has 24 heavy (non-hydrogen) atoms.